The summed E-state index contributed by atoms with van der Waals surface area (Å²) in [6.07, 6.45) is 6.04. The van der Waals surface area contributed by atoms with Gasteiger partial charge in [-0.05, 0) is 17.5 Å². The van der Waals surface area contributed by atoms with Crippen molar-refractivity contribution in [2.24, 2.45) is 0 Å². The van der Waals surface area contributed by atoms with Crippen molar-refractivity contribution in [3.8, 4) is 0 Å². The van der Waals surface area contributed by atoms with Crippen LogP contribution in [0.25, 0.3) is 0 Å². The van der Waals surface area contributed by atoms with Crippen LogP contribution in [-0.2, 0) is 0 Å². The summed E-state index contributed by atoms with van der Waals surface area (Å²) in [6, 6.07) is 8.83. The summed E-state index contributed by atoms with van der Waals surface area (Å²) in [5.41, 5.74) is 3.14. The SMILES string of the molecule is C1=CC2CC1c1ccccc12.C[N+](=O)[O-]. The van der Waals surface area contributed by atoms with Crippen molar-refractivity contribution in [1.82, 2.24) is 0 Å². The number of fused-ring (bicyclic) bond motifs is 5. The van der Waals surface area contributed by atoms with Crippen molar-refractivity contribution >= 4 is 0 Å². The minimum absolute atomic E-state index is 0.500. The molecule has 15 heavy (non-hydrogen) atoms. The van der Waals surface area contributed by atoms with Gasteiger partial charge in [0.1, 0.15) is 0 Å². The lowest BCUT2D eigenvalue weighted by Gasteiger charge is -2.08. The van der Waals surface area contributed by atoms with E-state index in [1.807, 2.05) is 0 Å². The Morgan fingerprint density at radius 3 is 2.00 bits per heavy atom. The first-order valence-electron chi connectivity index (χ1n) is 5.03. The molecule has 0 amide bonds. The lowest BCUT2D eigenvalue weighted by molar-refractivity contribution is -0.445. The highest BCUT2D eigenvalue weighted by atomic mass is 16.6. The minimum Gasteiger partial charge on any atom is -0.265 e. The van der Waals surface area contributed by atoms with Crippen LogP contribution in [-0.4, -0.2) is 12.0 Å². The van der Waals surface area contributed by atoms with Crippen molar-refractivity contribution in [3.05, 3.63) is 57.7 Å². The standard InChI is InChI=1S/C11H10.CH3NO2/c1-2-4-11-9-6-5-8(7-9)10(11)3-1;1-2(3)4/h1-6,8-9H,7H2;1H3. The molecule has 2 bridgehead atoms. The molecule has 0 radical (unpaired) electrons. The Kier molecular flexibility index (Phi) is 2.54. The van der Waals surface area contributed by atoms with E-state index >= 15 is 0 Å². The molecule has 2 aliphatic rings. The molecule has 0 aromatic heterocycles. The van der Waals surface area contributed by atoms with Crippen molar-refractivity contribution in [1.29, 1.82) is 0 Å². The van der Waals surface area contributed by atoms with Gasteiger partial charge in [0.15, 0.2) is 7.05 Å². The molecule has 0 spiro atoms. The fraction of sp³-hybridized carbons (Fsp3) is 0.333. The van der Waals surface area contributed by atoms with Crippen LogP contribution in [0.15, 0.2) is 36.4 Å². The maximum Gasteiger partial charge on any atom is 0.194 e. The van der Waals surface area contributed by atoms with Gasteiger partial charge in [0.05, 0.1) is 0 Å². The molecule has 3 heteroatoms. The number of benzene rings is 1. The van der Waals surface area contributed by atoms with Gasteiger partial charge in [0.2, 0.25) is 0 Å². The first-order chi connectivity index (χ1) is 7.18. The number of rotatable bonds is 0. The van der Waals surface area contributed by atoms with Crippen LogP contribution in [0.1, 0.15) is 29.4 Å². The zero-order valence-electron chi connectivity index (χ0n) is 8.59. The summed E-state index contributed by atoms with van der Waals surface area (Å²) in [7, 11) is 0.889. The van der Waals surface area contributed by atoms with Crippen LogP contribution < -0.4 is 0 Å². The predicted octanol–water partition coefficient (Wildman–Crippen LogP) is 2.72. The number of nitrogens with zero attached hydrogens (tertiary/aromatic N) is 1. The lowest BCUT2D eigenvalue weighted by atomic mass is 9.97. The molecule has 0 heterocycles. The first kappa shape index (κ1) is 9.90. The average molecular weight is 203 g/mol. The zero-order chi connectivity index (χ0) is 10.8. The largest absolute Gasteiger partial charge is 0.265 e. The lowest BCUT2D eigenvalue weighted by Crippen LogP contribution is -1.90. The Morgan fingerprint density at radius 1 is 1.20 bits per heavy atom. The Morgan fingerprint density at radius 2 is 1.60 bits per heavy atom. The van der Waals surface area contributed by atoms with E-state index in [0.29, 0.717) is 0 Å². The van der Waals surface area contributed by atoms with E-state index in [1.165, 1.54) is 6.42 Å². The molecule has 2 atom stereocenters. The van der Waals surface area contributed by atoms with E-state index in [9.17, 15) is 0 Å². The zero-order valence-corrected chi connectivity index (χ0v) is 8.59. The number of allylic oxidation sites excluding steroid dienone is 2. The summed E-state index contributed by atoms with van der Waals surface area (Å²) >= 11 is 0. The van der Waals surface area contributed by atoms with Gasteiger partial charge in [-0.1, -0.05) is 36.4 Å². The highest BCUT2D eigenvalue weighted by Gasteiger charge is 2.31. The fourth-order valence-corrected chi connectivity index (χ4v) is 2.35. The van der Waals surface area contributed by atoms with E-state index in [1.54, 1.807) is 11.1 Å². The third-order valence-electron chi connectivity index (χ3n) is 2.88. The molecule has 1 aromatic rings. The molecule has 1 aromatic carbocycles. The molecular weight excluding hydrogens is 190 g/mol. The Balaban J connectivity index is 0.000000188. The molecule has 0 saturated heterocycles. The first-order valence-corrected chi connectivity index (χ1v) is 5.03. The molecule has 2 aliphatic carbocycles. The molecule has 3 nitrogen and oxygen atoms in total. The Bertz CT molecular complexity index is 377. The average Bonchev–Trinajstić information content (AvgIpc) is 2.77. The normalized spacial score (nSPS) is 24.3. The van der Waals surface area contributed by atoms with E-state index in [-0.39, 0.29) is 0 Å². The Hall–Kier alpha value is -1.64. The van der Waals surface area contributed by atoms with Gasteiger partial charge < -0.3 is 0 Å². The fourth-order valence-electron chi connectivity index (χ4n) is 2.35. The van der Waals surface area contributed by atoms with Gasteiger partial charge in [0.25, 0.3) is 0 Å². The molecule has 0 saturated carbocycles. The summed E-state index contributed by atoms with van der Waals surface area (Å²) in [4.78, 5) is 8.31. The molecule has 78 valence electrons. The highest BCUT2D eigenvalue weighted by molar-refractivity contribution is 5.47. The number of hydrogen-bond donors (Lipinski definition) is 0. The molecule has 0 aliphatic heterocycles. The summed E-state index contributed by atoms with van der Waals surface area (Å²) in [6.45, 7) is 0. The van der Waals surface area contributed by atoms with Crippen LogP contribution in [0.2, 0.25) is 0 Å². The van der Waals surface area contributed by atoms with Gasteiger partial charge in [-0.2, -0.15) is 0 Å². The van der Waals surface area contributed by atoms with E-state index in [4.69, 9.17) is 10.1 Å². The molecular formula is C12H13NO2. The van der Waals surface area contributed by atoms with Crippen LogP contribution in [0.5, 0.6) is 0 Å². The van der Waals surface area contributed by atoms with Gasteiger partial charge in [-0.25, -0.2) is 0 Å². The molecule has 0 fully saturated rings. The van der Waals surface area contributed by atoms with Crippen molar-refractivity contribution in [3.63, 3.8) is 0 Å². The summed E-state index contributed by atoms with van der Waals surface area (Å²) in [5.74, 6) is 1.49. The smallest absolute Gasteiger partial charge is 0.194 e. The number of hydrogen-bond acceptors (Lipinski definition) is 2. The van der Waals surface area contributed by atoms with E-state index < -0.39 is 4.92 Å². The third-order valence-corrected chi connectivity index (χ3v) is 2.88. The van der Waals surface area contributed by atoms with Gasteiger partial charge in [-0.3, -0.25) is 10.1 Å². The van der Waals surface area contributed by atoms with Crippen LogP contribution in [0.4, 0.5) is 0 Å². The molecule has 2 unspecified atom stereocenters. The molecule has 0 N–H and O–H groups in total. The van der Waals surface area contributed by atoms with Crippen LogP contribution >= 0.6 is 0 Å². The topological polar surface area (TPSA) is 43.1 Å². The maximum atomic E-state index is 8.81. The van der Waals surface area contributed by atoms with Gasteiger partial charge >= 0.3 is 0 Å². The van der Waals surface area contributed by atoms with Gasteiger partial charge in [-0.15, -0.1) is 0 Å². The Labute approximate surface area is 88.6 Å². The molecule has 3 rings (SSSR count). The maximum absolute atomic E-state index is 8.81. The summed E-state index contributed by atoms with van der Waals surface area (Å²) in [5, 5.41) is 8.81. The third kappa shape index (κ3) is 1.91. The second kappa shape index (κ2) is 3.85. The van der Waals surface area contributed by atoms with Gasteiger partial charge in [0, 0.05) is 16.8 Å². The monoisotopic (exact) mass is 203 g/mol. The van der Waals surface area contributed by atoms with E-state index in [0.717, 1.165) is 18.9 Å². The van der Waals surface area contributed by atoms with Crippen molar-refractivity contribution in [2.45, 2.75) is 18.3 Å². The van der Waals surface area contributed by atoms with Crippen LogP contribution in [0, 0.1) is 10.1 Å². The van der Waals surface area contributed by atoms with E-state index in [2.05, 4.69) is 36.4 Å². The minimum atomic E-state index is -0.500. The highest BCUT2D eigenvalue weighted by Crippen LogP contribution is 2.47. The number of nitro groups is 1. The summed E-state index contributed by atoms with van der Waals surface area (Å²) < 4.78 is 0. The second-order valence-electron chi connectivity index (χ2n) is 3.90. The predicted molar refractivity (Wildman–Crippen MR) is 58.6 cm³/mol. The van der Waals surface area contributed by atoms with Crippen LogP contribution in [0.3, 0.4) is 0 Å². The van der Waals surface area contributed by atoms with Crippen molar-refractivity contribution in [2.75, 3.05) is 7.05 Å². The quantitative estimate of drug-likeness (QED) is 0.369. The second-order valence-corrected chi connectivity index (χ2v) is 3.90. The van der Waals surface area contributed by atoms with Crippen molar-refractivity contribution < 1.29 is 4.92 Å².